The van der Waals surface area contributed by atoms with Crippen LogP contribution < -0.4 is 5.43 Å². The van der Waals surface area contributed by atoms with Crippen molar-refractivity contribution in [2.75, 3.05) is 0 Å². The monoisotopic (exact) mass is 319 g/mol. The van der Waals surface area contributed by atoms with E-state index in [4.69, 9.17) is 0 Å². The summed E-state index contributed by atoms with van der Waals surface area (Å²) in [4.78, 5) is 21.8. The molecule has 8 heteroatoms. The molecule has 0 aliphatic rings. The van der Waals surface area contributed by atoms with E-state index in [1.54, 1.807) is 0 Å². The van der Waals surface area contributed by atoms with Gasteiger partial charge in [-0.3, -0.25) is 14.9 Å². The average molecular weight is 319 g/mol. The lowest BCUT2D eigenvalue weighted by Crippen LogP contribution is -2.20. The van der Waals surface area contributed by atoms with Crippen LogP contribution in [0.4, 0.5) is 14.5 Å². The van der Waals surface area contributed by atoms with Crippen molar-refractivity contribution in [1.29, 1.82) is 0 Å². The van der Waals surface area contributed by atoms with Gasteiger partial charge in [0.15, 0.2) is 0 Å². The molecule has 118 valence electrons. The average Bonchev–Trinajstić information content (AvgIpc) is 2.52. The first-order chi connectivity index (χ1) is 10.9. The molecule has 0 bridgehead atoms. The number of benzene rings is 2. The van der Waals surface area contributed by atoms with Gasteiger partial charge in [0.2, 0.25) is 0 Å². The minimum absolute atomic E-state index is 0.0455. The first-order valence-electron chi connectivity index (χ1n) is 6.43. The van der Waals surface area contributed by atoms with Gasteiger partial charge < -0.3 is 0 Å². The third kappa shape index (κ3) is 3.73. The molecular formula is C15H11F2N3O3. The van der Waals surface area contributed by atoms with Gasteiger partial charge >= 0.3 is 0 Å². The van der Waals surface area contributed by atoms with Crippen molar-refractivity contribution >= 4 is 17.3 Å². The summed E-state index contributed by atoms with van der Waals surface area (Å²) in [5, 5.41) is 14.2. The molecule has 0 saturated heterocycles. The Labute approximate surface area is 129 Å². The highest BCUT2D eigenvalue weighted by Gasteiger charge is 2.13. The van der Waals surface area contributed by atoms with E-state index in [2.05, 4.69) is 10.5 Å². The summed E-state index contributed by atoms with van der Waals surface area (Å²) in [5.41, 5.74) is 1.73. The van der Waals surface area contributed by atoms with Crippen LogP contribution in [0, 0.1) is 21.7 Å². The fraction of sp³-hybridized carbons (Fsp3) is 0.0667. The lowest BCUT2D eigenvalue weighted by Gasteiger charge is -2.05. The van der Waals surface area contributed by atoms with Crippen LogP contribution in [0.15, 0.2) is 47.6 Å². The predicted molar refractivity (Wildman–Crippen MR) is 79.1 cm³/mol. The number of hydrogen-bond acceptors (Lipinski definition) is 4. The summed E-state index contributed by atoms with van der Waals surface area (Å²) >= 11 is 0. The number of rotatable bonds is 4. The Kier molecular flexibility index (Phi) is 4.75. The predicted octanol–water partition coefficient (Wildman–Crippen LogP) is 3.03. The van der Waals surface area contributed by atoms with Crippen molar-refractivity contribution in [2.45, 2.75) is 6.92 Å². The van der Waals surface area contributed by atoms with E-state index in [0.29, 0.717) is 0 Å². The van der Waals surface area contributed by atoms with Crippen LogP contribution in [0.5, 0.6) is 0 Å². The van der Waals surface area contributed by atoms with Crippen molar-refractivity contribution < 1.29 is 18.5 Å². The number of non-ortho nitro benzene ring substituents is 1. The molecule has 0 aliphatic heterocycles. The molecule has 0 radical (unpaired) electrons. The first kappa shape index (κ1) is 16.2. The number of hydrogen-bond donors (Lipinski definition) is 1. The molecule has 0 unspecified atom stereocenters. The maximum Gasteiger partial charge on any atom is 0.271 e. The van der Waals surface area contributed by atoms with Crippen molar-refractivity contribution in [3.05, 3.63) is 75.3 Å². The van der Waals surface area contributed by atoms with Gasteiger partial charge in [0.05, 0.1) is 16.2 Å². The van der Waals surface area contributed by atoms with Gasteiger partial charge in [-0.25, -0.2) is 14.2 Å². The highest BCUT2D eigenvalue weighted by Crippen LogP contribution is 2.14. The topological polar surface area (TPSA) is 84.6 Å². The number of nitro benzene ring substituents is 1. The summed E-state index contributed by atoms with van der Waals surface area (Å²) in [6.07, 6.45) is 0. The SMILES string of the molecule is C/C(=N/NC(=O)c1ccc([N+](=O)[O-])cc1)c1c(F)cccc1F. The molecular weight excluding hydrogens is 308 g/mol. The highest BCUT2D eigenvalue weighted by molar-refractivity contribution is 6.01. The molecule has 2 aromatic carbocycles. The molecule has 2 aromatic rings. The minimum atomic E-state index is -0.796. The van der Waals surface area contributed by atoms with Gasteiger partial charge in [0, 0.05) is 17.7 Å². The second kappa shape index (κ2) is 6.73. The summed E-state index contributed by atoms with van der Waals surface area (Å²) in [6, 6.07) is 8.22. The Hall–Kier alpha value is -3.16. The van der Waals surface area contributed by atoms with Crippen LogP contribution in [-0.4, -0.2) is 16.5 Å². The van der Waals surface area contributed by atoms with Crippen LogP contribution in [0.1, 0.15) is 22.8 Å². The highest BCUT2D eigenvalue weighted by atomic mass is 19.1. The molecule has 2 rings (SSSR count). The van der Waals surface area contributed by atoms with E-state index in [0.717, 1.165) is 12.1 Å². The second-order valence-electron chi connectivity index (χ2n) is 4.54. The van der Waals surface area contributed by atoms with E-state index >= 15 is 0 Å². The minimum Gasteiger partial charge on any atom is -0.267 e. The number of carbonyl (C=O) groups is 1. The summed E-state index contributed by atoms with van der Waals surface area (Å²) in [5.74, 6) is -2.25. The first-order valence-corrected chi connectivity index (χ1v) is 6.43. The number of halogens is 2. The quantitative estimate of drug-likeness (QED) is 0.534. The number of nitrogens with zero attached hydrogens (tertiary/aromatic N) is 2. The van der Waals surface area contributed by atoms with Crippen LogP contribution in [0.3, 0.4) is 0 Å². The smallest absolute Gasteiger partial charge is 0.267 e. The number of nitrogens with one attached hydrogen (secondary N) is 1. The maximum absolute atomic E-state index is 13.6. The molecule has 0 atom stereocenters. The Balaban J connectivity index is 2.15. The van der Waals surface area contributed by atoms with E-state index in [1.165, 1.54) is 37.3 Å². The molecule has 0 heterocycles. The van der Waals surface area contributed by atoms with E-state index in [9.17, 15) is 23.7 Å². The third-order valence-corrected chi connectivity index (χ3v) is 2.99. The Morgan fingerprint density at radius 3 is 2.22 bits per heavy atom. The van der Waals surface area contributed by atoms with Crippen LogP contribution in [-0.2, 0) is 0 Å². The molecule has 0 fully saturated rings. The lowest BCUT2D eigenvalue weighted by molar-refractivity contribution is -0.384. The zero-order valence-electron chi connectivity index (χ0n) is 11.9. The van der Waals surface area contributed by atoms with E-state index in [-0.39, 0.29) is 22.5 Å². The van der Waals surface area contributed by atoms with Crippen molar-refractivity contribution in [3.8, 4) is 0 Å². The molecule has 1 amide bonds. The summed E-state index contributed by atoms with van der Waals surface area (Å²) in [6.45, 7) is 1.34. The second-order valence-corrected chi connectivity index (χ2v) is 4.54. The van der Waals surface area contributed by atoms with E-state index < -0.39 is 22.5 Å². The molecule has 0 saturated carbocycles. The van der Waals surface area contributed by atoms with Crippen molar-refractivity contribution in [2.24, 2.45) is 5.10 Å². The third-order valence-electron chi connectivity index (χ3n) is 2.99. The number of hydrazone groups is 1. The fourth-order valence-corrected chi connectivity index (χ4v) is 1.83. The van der Waals surface area contributed by atoms with E-state index in [1.807, 2.05) is 0 Å². The summed E-state index contributed by atoms with van der Waals surface area (Å²) < 4.78 is 27.1. The standard InChI is InChI=1S/C15H11F2N3O3/c1-9(14-12(16)3-2-4-13(14)17)18-19-15(21)10-5-7-11(8-6-10)20(22)23/h2-8H,1H3,(H,19,21)/b18-9-. The van der Waals surface area contributed by atoms with Crippen LogP contribution in [0.25, 0.3) is 0 Å². The molecule has 1 N–H and O–H groups in total. The van der Waals surface area contributed by atoms with Gasteiger partial charge in [-0.05, 0) is 31.2 Å². The van der Waals surface area contributed by atoms with Crippen LogP contribution >= 0.6 is 0 Å². The van der Waals surface area contributed by atoms with Crippen molar-refractivity contribution in [1.82, 2.24) is 5.43 Å². The Morgan fingerprint density at radius 1 is 1.13 bits per heavy atom. The number of carbonyl (C=O) groups excluding carboxylic acids is 1. The zero-order valence-corrected chi connectivity index (χ0v) is 11.9. The maximum atomic E-state index is 13.6. The van der Waals surface area contributed by atoms with Crippen LogP contribution in [0.2, 0.25) is 0 Å². The van der Waals surface area contributed by atoms with Crippen molar-refractivity contribution in [3.63, 3.8) is 0 Å². The normalized spacial score (nSPS) is 11.2. The Morgan fingerprint density at radius 2 is 1.70 bits per heavy atom. The van der Waals surface area contributed by atoms with Gasteiger partial charge in [-0.15, -0.1) is 0 Å². The molecule has 23 heavy (non-hydrogen) atoms. The fourth-order valence-electron chi connectivity index (χ4n) is 1.83. The zero-order chi connectivity index (χ0) is 17.0. The van der Waals surface area contributed by atoms with Gasteiger partial charge in [0.1, 0.15) is 11.6 Å². The largest absolute Gasteiger partial charge is 0.271 e. The number of nitro groups is 1. The van der Waals surface area contributed by atoms with Gasteiger partial charge in [0.25, 0.3) is 11.6 Å². The Bertz CT molecular complexity index is 769. The molecule has 0 aromatic heterocycles. The van der Waals surface area contributed by atoms with Gasteiger partial charge in [-0.2, -0.15) is 5.10 Å². The summed E-state index contributed by atoms with van der Waals surface area (Å²) in [7, 11) is 0. The molecule has 6 nitrogen and oxygen atoms in total. The van der Waals surface area contributed by atoms with Gasteiger partial charge in [-0.1, -0.05) is 6.07 Å². The lowest BCUT2D eigenvalue weighted by atomic mass is 10.1. The number of amides is 1. The molecule has 0 spiro atoms. The molecule has 0 aliphatic carbocycles.